The lowest BCUT2D eigenvalue weighted by Crippen LogP contribution is -2.20. The molecule has 1 aliphatic heterocycles. The number of allylic oxidation sites excluding steroid dienone is 1. The largest absolute Gasteiger partial charge is 0.477 e. The predicted octanol–water partition coefficient (Wildman–Crippen LogP) is 1.99. The summed E-state index contributed by atoms with van der Waals surface area (Å²) in [7, 11) is 0. The van der Waals surface area contributed by atoms with Gasteiger partial charge in [-0.05, 0) is 11.8 Å². The van der Waals surface area contributed by atoms with Crippen LogP contribution in [0, 0.1) is 11.8 Å². The SMILES string of the molecule is CC(C)C(CO)CC(=O)C1=C(C(=O)O)SCCS1. The molecule has 0 radical (unpaired) electrons. The van der Waals surface area contributed by atoms with Gasteiger partial charge in [-0.1, -0.05) is 13.8 Å². The highest BCUT2D eigenvalue weighted by Gasteiger charge is 2.27. The summed E-state index contributed by atoms with van der Waals surface area (Å²) in [5.74, 6) is 0.393. The van der Waals surface area contributed by atoms with E-state index in [0.717, 1.165) is 11.5 Å². The van der Waals surface area contributed by atoms with Crippen LogP contribution in [0.5, 0.6) is 0 Å². The normalized spacial score (nSPS) is 18.0. The molecular formula is C12H18O4S2. The van der Waals surface area contributed by atoms with Gasteiger partial charge in [-0.15, -0.1) is 23.5 Å². The molecule has 1 unspecified atom stereocenters. The minimum absolute atomic E-state index is 0.0447. The number of hydrogen-bond donors (Lipinski definition) is 2. The number of aliphatic hydroxyl groups excluding tert-OH is 1. The number of hydrogen-bond acceptors (Lipinski definition) is 5. The molecular weight excluding hydrogens is 272 g/mol. The number of carboxylic acids is 1. The summed E-state index contributed by atoms with van der Waals surface area (Å²) in [6.07, 6.45) is 0.216. The highest BCUT2D eigenvalue weighted by Crippen LogP contribution is 2.36. The van der Waals surface area contributed by atoms with Gasteiger partial charge in [-0.25, -0.2) is 4.79 Å². The third-order valence-corrected chi connectivity index (χ3v) is 5.45. The lowest BCUT2D eigenvalue weighted by molar-refractivity contribution is -0.132. The molecule has 1 heterocycles. The molecule has 1 rings (SSSR count). The summed E-state index contributed by atoms with van der Waals surface area (Å²) in [6.45, 7) is 3.85. The molecule has 102 valence electrons. The van der Waals surface area contributed by atoms with Crippen molar-refractivity contribution in [3.8, 4) is 0 Å². The Morgan fingerprint density at radius 3 is 2.22 bits per heavy atom. The number of aliphatic carboxylic acids is 1. The lowest BCUT2D eigenvalue weighted by atomic mass is 9.91. The molecule has 0 aromatic carbocycles. The fraction of sp³-hybridized carbons (Fsp3) is 0.667. The number of carbonyl (C=O) groups excluding carboxylic acids is 1. The van der Waals surface area contributed by atoms with Crippen LogP contribution in [-0.4, -0.2) is 40.1 Å². The van der Waals surface area contributed by atoms with Gasteiger partial charge in [-0.2, -0.15) is 0 Å². The molecule has 0 amide bonds. The first kappa shape index (κ1) is 15.6. The van der Waals surface area contributed by atoms with Crippen molar-refractivity contribution < 1.29 is 19.8 Å². The maximum atomic E-state index is 12.1. The summed E-state index contributed by atoms with van der Waals surface area (Å²) >= 11 is 2.55. The molecule has 18 heavy (non-hydrogen) atoms. The molecule has 0 aromatic rings. The Morgan fingerprint density at radius 1 is 1.22 bits per heavy atom. The fourth-order valence-corrected chi connectivity index (χ4v) is 3.89. The highest BCUT2D eigenvalue weighted by molar-refractivity contribution is 8.11. The maximum Gasteiger partial charge on any atom is 0.343 e. The van der Waals surface area contributed by atoms with E-state index in [2.05, 4.69) is 0 Å². The summed E-state index contributed by atoms with van der Waals surface area (Å²) in [4.78, 5) is 23.7. The first-order valence-corrected chi connectivity index (χ1v) is 7.81. The first-order valence-electron chi connectivity index (χ1n) is 5.84. The van der Waals surface area contributed by atoms with Crippen molar-refractivity contribution in [2.75, 3.05) is 18.1 Å². The minimum atomic E-state index is -1.03. The van der Waals surface area contributed by atoms with Gasteiger partial charge < -0.3 is 10.2 Å². The summed E-state index contributed by atoms with van der Waals surface area (Å²) in [6, 6.07) is 0. The van der Waals surface area contributed by atoms with E-state index in [0.29, 0.717) is 4.91 Å². The molecule has 0 saturated heterocycles. The van der Waals surface area contributed by atoms with Crippen molar-refractivity contribution in [1.82, 2.24) is 0 Å². The molecule has 0 spiro atoms. The van der Waals surface area contributed by atoms with E-state index in [1.165, 1.54) is 23.5 Å². The van der Waals surface area contributed by atoms with Gasteiger partial charge in [0.25, 0.3) is 0 Å². The van der Waals surface area contributed by atoms with Crippen molar-refractivity contribution in [3.05, 3.63) is 9.81 Å². The Kier molecular flexibility index (Phi) is 6.25. The Hall–Kier alpha value is -0.460. The third kappa shape index (κ3) is 4.03. The standard InChI is InChI=1S/C12H18O4S2/c1-7(2)8(6-13)5-9(14)10-11(12(15)16)18-4-3-17-10/h7-8,13H,3-6H2,1-2H3,(H,15,16). The van der Waals surface area contributed by atoms with Crippen molar-refractivity contribution in [3.63, 3.8) is 0 Å². The Balaban J connectivity index is 2.84. The number of aliphatic hydroxyl groups is 1. The van der Waals surface area contributed by atoms with Crippen molar-refractivity contribution in [2.24, 2.45) is 11.8 Å². The van der Waals surface area contributed by atoms with Crippen LogP contribution < -0.4 is 0 Å². The molecule has 0 bridgehead atoms. The van der Waals surface area contributed by atoms with Gasteiger partial charge in [0, 0.05) is 24.5 Å². The van der Waals surface area contributed by atoms with E-state index in [-0.39, 0.29) is 35.6 Å². The van der Waals surface area contributed by atoms with Crippen LogP contribution in [0.2, 0.25) is 0 Å². The van der Waals surface area contributed by atoms with Crippen molar-refractivity contribution in [1.29, 1.82) is 0 Å². The maximum absolute atomic E-state index is 12.1. The smallest absolute Gasteiger partial charge is 0.343 e. The lowest BCUT2D eigenvalue weighted by Gasteiger charge is -2.20. The van der Waals surface area contributed by atoms with Gasteiger partial charge in [-0.3, -0.25) is 4.79 Å². The molecule has 1 atom stereocenters. The second-order valence-corrected chi connectivity index (χ2v) is 6.68. The van der Waals surface area contributed by atoms with E-state index < -0.39 is 5.97 Å². The zero-order valence-electron chi connectivity index (χ0n) is 10.5. The number of carboxylic acid groups (broad SMARTS) is 1. The van der Waals surface area contributed by atoms with E-state index in [1.807, 2.05) is 13.8 Å². The molecule has 0 fully saturated rings. The Labute approximate surface area is 115 Å². The zero-order chi connectivity index (χ0) is 13.7. The van der Waals surface area contributed by atoms with E-state index in [1.54, 1.807) is 0 Å². The van der Waals surface area contributed by atoms with Gasteiger partial charge >= 0.3 is 5.97 Å². The van der Waals surface area contributed by atoms with Crippen LogP contribution in [-0.2, 0) is 9.59 Å². The van der Waals surface area contributed by atoms with Crippen molar-refractivity contribution >= 4 is 35.3 Å². The minimum Gasteiger partial charge on any atom is -0.477 e. The molecule has 0 saturated carbocycles. The number of ketones is 1. The third-order valence-electron chi connectivity index (χ3n) is 2.85. The van der Waals surface area contributed by atoms with Gasteiger partial charge in [0.15, 0.2) is 5.78 Å². The number of carbonyl (C=O) groups is 2. The molecule has 1 aliphatic rings. The second-order valence-electron chi connectivity index (χ2n) is 4.47. The van der Waals surface area contributed by atoms with Crippen LogP contribution in [0.15, 0.2) is 9.81 Å². The van der Waals surface area contributed by atoms with Crippen LogP contribution >= 0.6 is 23.5 Å². The van der Waals surface area contributed by atoms with Gasteiger partial charge in [0.1, 0.15) is 4.91 Å². The van der Waals surface area contributed by atoms with E-state index in [9.17, 15) is 14.7 Å². The Morgan fingerprint density at radius 2 is 1.78 bits per heavy atom. The van der Waals surface area contributed by atoms with Crippen LogP contribution in [0.1, 0.15) is 20.3 Å². The van der Waals surface area contributed by atoms with Crippen LogP contribution in [0.25, 0.3) is 0 Å². The quantitative estimate of drug-likeness (QED) is 0.779. The fourth-order valence-electron chi connectivity index (χ4n) is 1.63. The average Bonchev–Trinajstić information content (AvgIpc) is 2.35. The number of Topliss-reactive ketones (excluding diaryl/α,β-unsaturated/α-hetero) is 1. The average molecular weight is 290 g/mol. The van der Waals surface area contributed by atoms with Crippen molar-refractivity contribution in [2.45, 2.75) is 20.3 Å². The topological polar surface area (TPSA) is 74.6 Å². The molecule has 4 nitrogen and oxygen atoms in total. The summed E-state index contributed by atoms with van der Waals surface area (Å²) < 4.78 is 0. The van der Waals surface area contributed by atoms with E-state index >= 15 is 0 Å². The first-order chi connectivity index (χ1) is 8.47. The second kappa shape index (κ2) is 7.21. The number of thioether (sulfide) groups is 2. The number of rotatable bonds is 6. The molecule has 2 N–H and O–H groups in total. The monoisotopic (exact) mass is 290 g/mol. The highest BCUT2D eigenvalue weighted by atomic mass is 32.2. The molecule has 0 aliphatic carbocycles. The van der Waals surface area contributed by atoms with Gasteiger partial charge in [0.2, 0.25) is 0 Å². The van der Waals surface area contributed by atoms with Crippen LogP contribution in [0.3, 0.4) is 0 Å². The summed E-state index contributed by atoms with van der Waals surface area (Å²) in [5, 5.41) is 18.3. The zero-order valence-corrected chi connectivity index (χ0v) is 12.1. The summed E-state index contributed by atoms with van der Waals surface area (Å²) in [5.41, 5.74) is 0. The molecule has 6 heteroatoms. The predicted molar refractivity (Wildman–Crippen MR) is 74.6 cm³/mol. The van der Waals surface area contributed by atoms with Gasteiger partial charge in [0.05, 0.1) is 4.91 Å². The Bertz CT molecular complexity index is 363. The molecule has 0 aromatic heterocycles. The van der Waals surface area contributed by atoms with Crippen LogP contribution in [0.4, 0.5) is 0 Å². The van der Waals surface area contributed by atoms with E-state index in [4.69, 9.17) is 5.11 Å².